The molecule has 0 bridgehead atoms. The molecule has 0 saturated carbocycles. The van der Waals surface area contributed by atoms with Crippen LogP contribution >= 0.6 is 34.8 Å². The third-order valence-electron chi connectivity index (χ3n) is 8.96. The van der Waals surface area contributed by atoms with Gasteiger partial charge in [0, 0.05) is 60.2 Å². The number of aromatic nitrogens is 1. The minimum Gasteiger partial charge on any atom is -0.492 e. The maximum absolute atomic E-state index is 11.9. The highest BCUT2D eigenvalue weighted by Gasteiger charge is 2.32. The molecule has 0 spiro atoms. The van der Waals surface area contributed by atoms with Crippen molar-refractivity contribution in [1.82, 2.24) is 15.6 Å². The van der Waals surface area contributed by atoms with Gasteiger partial charge in [0.2, 0.25) is 11.8 Å². The second-order valence-corrected chi connectivity index (χ2v) is 14.2. The molecule has 1 heterocycles. The summed E-state index contributed by atoms with van der Waals surface area (Å²) in [6.45, 7) is 2.26. The van der Waals surface area contributed by atoms with Gasteiger partial charge in [-0.05, 0) is 54.4 Å². The van der Waals surface area contributed by atoms with Crippen LogP contribution in [0, 0.1) is 11.3 Å². The van der Waals surface area contributed by atoms with Gasteiger partial charge < -0.3 is 40.2 Å². The quantitative estimate of drug-likeness (QED) is 0.0431. The van der Waals surface area contributed by atoms with E-state index in [-0.39, 0.29) is 43.1 Å². The number of nitriles is 1. The van der Waals surface area contributed by atoms with E-state index in [1.54, 1.807) is 25.2 Å². The molecule has 0 aliphatic heterocycles. The number of ether oxygens (including phenoxy) is 3. The molecule has 5 aromatic rings. The molecule has 15 heteroatoms. The average Bonchev–Trinajstić information content (AvgIpc) is 3.22. The van der Waals surface area contributed by atoms with E-state index in [0.29, 0.717) is 63.3 Å². The lowest BCUT2D eigenvalue weighted by Gasteiger charge is -2.24. The molecule has 1 atom stereocenters. The summed E-state index contributed by atoms with van der Waals surface area (Å²) >= 11 is 20.7. The Morgan fingerprint density at radius 3 is 2.23 bits per heavy atom. The molecule has 0 radical (unpaired) electrons. The predicted molar refractivity (Wildman–Crippen MR) is 221 cm³/mol. The van der Waals surface area contributed by atoms with Crippen molar-refractivity contribution < 1.29 is 34.3 Å². The Hall–Kier alpha value is -5.10. The molecular weight excluding hydrogens is 793 g/mol. The maximum Gasteiger partial charge on any atom is 0.326 e. The number of hydrogen-bond donors (Lipinski definition) is 6. The highest BCUT2D eigenvalue weighted by molar-refractivity contribution is 6.38. The molecule has 4 aromatic carbocycles. The van der Waals surface area contributed by atoms with Crippen molar-refractivity contribution >= 4 is 46.5 Å². The second-order valence-electron chi connectivity index (χ2n) is 13.0. The fourth-order valence-electron chi connectivity index (χ4n) is 5.66. The van der Waals surface area contributed by atoms with Crippen molar-refractivity contribution in [1.29, 1.82) is 5.26 Å². The number of aliphatic hydroxyl groups excluding tert-OH is 2. The summed E-state index contributed by atoms with van der Waals surface area (Å²) < 4.78 is 18.0. The van der Waals surface area contributed by atoms with Crippen LogP contribution in [0.3, 0.4) is 0 Å². The van der Waals surface area contributed by atoms with Gasteiger partial charge in [-0.1, -0.05) is 83.3 Å². The standard InChI is InChI=1S/C42H42Cl3N5O7/c1-42(25-52,41(53)54)49-22-30-20-36(43)40(50-39(30)56-23-27-17-26(21-46)18-31(19-27)47-2)57-24-29-5-3-7-34(37(29)44)35-8-4-6-33(38(35)45)28-9-11-32(12-10-28)55-16-14-48-13-15-51/h3-12,17-20,47-49,51-52H,13-16,22-25H2,1-2H3,(H,53,54). The minimum atomic E-state index is -1.65. The van der Waals surface area contributed by atoms with Gasteiger partial charge in [0.05, 0.1) is 34.9 Å². The second kappa shape index (κ2) is 20.4. The van der Waals surface area contributed by atoms with Crippen LogP contribution in [-0.4, -0.2) is 71.8 Å². The Bertz CT molecular complexity index is 2220. The van der Waals surface area contributed by atoms with E-state index in [2.05, 4.69) is 27.0 Å². The van der Waals surface area contributed by atoms with Crippen molar-refractivity contribution in [3.05, 3.63) is 122 Å². The number of benzene rings is 4. The van der Waals surface area contributed by atoms with Gasteiger partial charge in [-0.25, -0.2) is 0 Å². The maximum atomic E-state index is 11.9. The Balaban J connectivity index is 1.37. The molecule has 0 aliphatic rings. The van der Waals surface area contributed by atoms with Crippen LogP contribution in [0.25, 0.3) is 22.3 Å². The topological polar surface area (TPSA) is 178 Å². The Labute approximate surface area is 345 Å². The van der Waals surface area contributed by atoms with Crippen molar-refractivity contribution in [3.63, 3.8) is 0 Å². The molecule has 0 amide bonds. The van der Waals surface area contributed by atoms with Gasteiger partial charge in [0.1, 0.15) is 36.1 Å². The van der Waals surface area contributed by atoms with Crippen LogP contribution in [0.4, 0.5) is 5.69 Å². The molecule has 5 rings (SSSR count). The summed E-state index contributed by atoms with van der Waals surface area (Å²) in [6.07, 6.45) is 0. The molecule has 12 nitrogen and oxygen atoms in total. The third kappa shape index (κ3) is 11.1. The molecule has 0 saturated heterocycles. The van der Waals surface area contributed by atoms with Gasteiger partial charge in [-0.3, -0.25) is 10.1 Å². The number of nitrogens with one attached hydrogen (secondary N) is 3. The van der Waals surface area contributed by atoms with Gasteiger partial charge in [0.15, 0.2) is 0 Å². The van der Waals surface area contributed by atoms with E-state index in [0.717, 1.165) is 22.4 Å². The number of nitrogens with zero attached hydrogens (tertiary/aromatic N) is 2. The summed E-state index contributed by atoms with van der Waals surface area (Å²) in [5, 5.41) is 47.9. The molecule has 0 aliphatic carbocycles. The number of aliphatic hydroxyl groups is 2. The third-order valence-corrected chi connectivity index (χ3v) is 10.1. The Kier molecular flexibility index (Phi) is 15.4. The number of anilines is 1. The molecule has 298 valence electrons. The van der Waals surface area contributed by atoms with Crippen LogP contribution in [0.5, 0.6) is 17.5 Å². The monoisotopic (exact) mass is 833 g/mol. The van der Waals surface area contributed by atoms with E-state index < -0.39 is 18.1 Å². The SMILES string of the molecule is CNc1cc(C#N)cc(COc2nc(OCc3cccc(-c4cccc(-c5ccc(OCCNCCO)cc5)c4Cl)c3Cl)c(Cl)cc2CNC(C)(CO)C(=O)O)c1. The van der Waals surface area contributed by atoms with Crippen LogP contribution < -0.4 is 30.2 Å². The van der Waals surface area contributed by atoms with Gasteiger partial charge >= 0.3 is 5.97 Å². The lowest BCUT2D eigenvalue weighted by Crippen LogP contribution is -2.52. The Morgan fingerprint density at radius 2 is 1.54 bits per heavy atom. The molecular formula is C42H42Cl3N5O7. The van der Waals surface area contributed by atoms with Crippen LogP contribution in [0.1, 0.15) is 29.2 Å². The fourth-order valence-corrected chi connectivity index (χ4v) is 6.50. The van der Waals surface area contributed by atoms with E-state index in [1.807, 2.05) is 66.7 Å². The van der Waals surface area contributed by atoms with Crippen molar-refractivity contribution in [2.45, 2.75) is 32.2 Å². The number of halogens is 3. The first-order valence-electron chi connectivity index (χ1n) is 17.9. The predicted octanol–water partition coefficient (Wildman–Crippen LogP) is 7.33. The lowest BCUT2D eigenvalue weighted by molar-refractivity contribution is -0.145. The highest BCUT2D eigenvalue weighted by Crippen LogP contribution is 2.41. The fraction of sp³-hybridized carbons (Fsp3) is 0.262. The molecule has 1 aromatic heterocycles. The van der Waals surface area contributed by atoms with Gasteiger partial charge in [-0.15, -0.1) is 0 Å². The smallest absolute Gasteiger partial charge is 0.326 e. The molecule has 0 fully saturated rings. The van der Waals surface area contributed by atoms with Crippen LogP contribution in [0.2, 0.25) is 15.1 Å². The average molecular weight is 835 g/mol. The van der Waals surface area contributed by atoms with Crippen molar-refractivity contribution in [2.24, 2.45) is 0 Å². The van der Waals surface area contributed by atoms with Crippen LogP contribution in [0.15, 0.2) is 84.9 Å². The van der Waals surface area contributed by atoms with Gasteiger partial charge in [0.25, 0.3) is 0 Å². The minimum absolute atomic E-state index is 0.0108. The summed E-state index contributed by atoms with van der Waals surface area (Å²) in [6, 6.07) is 27.8. The first-order valence-corrected chi connectivity index (χ1v) is 19.0. The zero-order valence-corrected chi connectivity index (χ0v) is 33.5. The lowest BCUT2D eigenvalue weighted by atomic mass is 9.97. The number of carbonyl (C=O) groups is 1. The first-order chi connectivity index (χ1) is 27.5. The molecule has 1 unspecified atom stereocenters. The van der Waals surface area contributed by atoms with E-state index in [4.69, 9.17) is 54.1 Å². The Morgan fingerprint density at radius 1 is 0.842 bits per heavy atom. The summed E-state index contributed by atoms with van der Waals surface area (Å²) in [7, 11) is 1.74. The molecule has 57 heavy (non-hydrogen) atoms. The van der Waals surface area contributed by atoms with Crippen molar-refractivity contribution in [3.8, 4) is 45.8 Å². The molecule has 6 N–H and O–H groups in total. The zero-order chi connectivity index (χ0) is 41.0. The number of pyridine rings is 1. The summed E-state index contributed by atoms with van der Waals surface area (Å²) in [4.78, 5) is 16.4. The summed E-state index contributed by atoms with van der Waals surface area (Å²) in [5.74, 6) is -0.399. The number of carboxylic acid groups (broad SMARTS) is 1. The van der Waals surface area contributed by atoms with Crippen LogP contribution in [-0.2, 0) is 24.6 Å². The normalized spacial score (nSPS) is 12.0. The van der Waals surface area contributed by atoms with Gasteiger partial charge in [-0.2, -0.15) is 10.2 Å². The van der Waals surface area contributed by atoms with E-state index in [1.165, 1.54) is 6.92 Å². The number of carboxylic acids is 1. The number of aliphatic carboxylic acids is 1. The highest BCUT2D eigenvalue weighted by atomic mass is 35.5. The summed E-state index contributed by atoms with van der Waals surface area (Å²) in [5.41, 5.74) is 4.33. The number of rotatable bonds is 20. The largest absolute Gasteiger partial charge is 0.492 e. The van der Waals surface area contributed by atoms with Crippen molar-refractivity contribution in [2.75, 3.05) is 45.3 Å². The van der Waals surface area contributed by atoms with E-state index >= 15 is 0 Å². The first kappa shape index (κ1) is 43.0. The number of hydrogen-bond acceptors (Lipinski definition) is 11. The zero-order valence-electron chi connectivity index (χ0n) is 31.2. The van der Waals surface area contributed by atoms with E-state index in [9.17, 15) is 20.3 Å².